The van der Waals surface area contributed by atoms with E-state index in [4.69, 9.17) is 9.84 Å². The van der Waals surface area contributed by atoms with E-state index in [-0.39, 0.29) is 6.61 Å². The van der Waals surface area contributed by atoms with Crippen molar-refractivity contribution in [2.24, 2.45) is 5.92 Å². The molecule has 2 rings (SSSR count). The van der Waals surface area contributed by atoms with Crippen molar-refractivity contribution >= 4 is 11.9 Å². The molecule has 0 amide bonds. The van der Waals surface area contributed by atoms with Gasteiger partial charge in [0.2, 0.25) is 0 Å². The second-order valence-corrected chi connectivity index (χ2v) is 4.26. The summed E-state index contributed by atoms with van der Waals surface area (Å²) in [7, 11) is 0. The largest absolute Gasteiger partial charge is 0.480 e. The molecule has 0 saturated carbocycles. The van der Waals surface area contributed by atoms with Gasteiger partial charge in [0.15, 0.2) is 0 Å². The van der Waals surface area contributed by atoms with Gasteiger partial charge in [-0.05, 0) is 18.5 Å². The van der Waals surface area contributed by atoms with Crippen LogP contribution in [0.4, 0.5) is 0 Å². The monoisotopic (exact) mass is 249 g/mol. The van der Waals surface area contributed by atoms with E-state index in [0.29, 0.717) is 13.0 Å². The highest BCUT2D eigenvalue weighted by Crippen LogP contribution is 2.18. The summed E-state index contributed by atoms with van der Waals surface area (Å²) in [6.07, 6.45) is 0.505. The summed E-state index contributed by atoms with van der Waals surface area (Å²) in [4.78, 5) is 22.7. The molecule has 1 unspecified atom stereocenters. The molecule has 2 N–H and O–H groups in total. The maximum absolute atomic E-state index is 11.8. The third kappa shape index (κ3) is 2.87. The van der Waals surface area contributed by atoms with Gasteiger partial charge in [-0.25, -0.2) is 0 Å². The standard InChI is InChI=1S/C13H15NO4/c15-12(16)11-10(6-7-14-11)13(17)18-8-9-4-2-1-3-5-9/h1-5,10-11,14H,6-8H2,(H,15,16)/t10?,11-/m0/s1. The van der Waals surface area contributed by atoms with Crippen LogP contribution >= 0.6 is 0 Å². The van der Waals surface area contributed by atoms with Crippen LogP contribution in [0.15, 0.2) is 30.3 Å². The van der Waals surface area contributed by atoms with Crippen molar-refractivity contribution in [3.8, 4) is 0 Å². The number of carbonyl (C=O) groups is 2. The maximum Gasteiger partial charge on any atom is 0.321 e. The molecule has 0 bridgehead atoms. The predicted molar refractivity (Wildman–Crippen MR) is 63.8 cm³/mol. The minimum atomic E-state index is -1.01. The number of hydrogen-bond acceptors (Lipinski definition) is 4. The number of carboxylic acids is 1. The molecule has 1 heterocycles. The Hall–Kier alpha value is -1.88. The van der Waals surface area contributed by atoms with E-state index in [9.17, 15) is 9.59 Å². The zero-order valence-corrected chi connectivity index (χ0v) is 9.83. The highest BCUT2D eigenvalue weighted by molar-refractivity contribution is 5.84. The van der Waals surface area contributed by atoms with E-state index >= 15 is 0 Å². The maximum atomic E-state index is 11.8. The smallest absolute Gasteiger partial charge is 0.321 e. The van der Waals surface area contributed by atoms with Gasteiger partial charge in [0.1, 0.15) is 12.6 Å². The van der Waals surface area contributed by atoms with E-state index in [1.165, 1.54) is 0 Å². The lowest BCUT2D eigenvalue weighted by Gasteiger charge is -2.14. The molecule has 1 aromatic carbocycles. The molecule has 2 atom stereocenters. The minimum Gasteiger partial charge on any atom is -0.480 e. The Labute approximate surface area is 105 Å². The van der Waals surface area contributed by atoms with Crippen molar-refractivity contribution in [2.45, 2.75) is 19.1 Å². The van der Waals surface area contributed by atoms with Crippen LogP contribution in [0.25, 0.3) is 0 Å². The van der Waals surface area contributed by atoms with Crippen LogP contribution in [-0.2, 0) is 20.9 Å². The normalized spacial score (nSPS) is 22.7. The number of hydrogen-bond donors (Lipinski definition) is 2. The molecule has 0 aliphatic carbocycles. The van der Waals surface area contributed by atoms with Gasteiger partial charge in [-0.3, -0.25) is 9.59 Å². The zero-order chi connectivity index (χ0) is 13.0. The third-order valence-corrected chi connectivity index (χ3v) is 3.01. The van der Waals surface area contributed by atoms with Crippen molar-refractivity contribution in [1.82, 2.24) is 5.32 Å². The van der Waals surface area contributed by atoms with Crippen molar-refractivity contribution in [3.05, 3.63) is 35.9 Å². The Kier molecular flexibility index (Phi) is 3.94. The lowest BCUT2D eigenvalue weighted by atomic mass is 10.0. The molecule has 1 aliphatic heterocycles. The van der Waals surface area contributed by atoms with E-state index in [0.717, 1.165) is 5.56 Å². The first-order valence-corrected chi connectivity index (χ1v) is 5.85. The third-order valence-electron chi connectivity index (χ3n) is 3.01. The van der Waals surface area contributed by atoms with E-state index in [1.54, 1.807) is 0 Å². The van der Waals surface area contributed by atoms with Crippen molar-refractivity contribution in [1.29, 1.82) is 0 Å². The molecule has 0 radical (unpaired) electrons. The number of aliphatic carboxylic acids is 1. The summed E-state index contributed by atoms with van der Waals surface area (Å²) in [6.45, 7) is 0.713. The van der Waals surface area contributed by atoms with E-state index in [2.05, 4.69) is 5.32 Å². The van der Waals surface area contributed by atoms with Gasteiger partial charge < -0.3 is 15.2 Å². The average molecular weight is 249 g/mol. The molecule has 5 heteroatoms. The highest BCUT2D eigenvalue weighted by atomic mass is 16.5. The molecule has 1 aromatic rings. The fraction of sp³-hybridized carbons (Fsp3) is 0.385. The Bertz CT molecular complexity index is 432. The molecular weight excluding hydrogens is 234 g/mol. The fourth-order valence-electron chi connectivity index (χ4n) is 2.05. The molecule has 5 nitrogen and oxygen atoms in total. The summed E-state index contributed by atoms with van der Waals surface area (Å²) >= 11 is 0. The molecule has 1 aliphatic rings. The number of ether oxygens (including phenoxy) is 1. The van der Waals surface area contributed by atoms with E-state index < -0.39 is 23.9 Å². The first-order valence-electron chi connectivity index (χ1n) is 5.85. The number of carboxylic acid groups (broad SMARTS) is 1. The molecular formula is C13H15NO4. The first kappa shape index (κ1) is 12.6. The van der Waals surface area contributed by atoms with Gasteiger partial charge in [-0.2, -0.15) is 0 Å². The van der Waals surface area contributed by atoms with Gasteiger partial charge in [-0.1, -0.05) is 30.3 Å². The van der Waals surface area contributed by atoms with Crippen LogP contribution in [0.3, 0.4) is 0 Å². The van der Waals surface area contributed by atoms with Gasteiger partial charge >= 0.3 is 11.9 Å². The molecule has 1 saturated heterocycles. The van der Waals surface area contributed by atoms with Gasteiger partial charge in [-0.15, -0.1) is 0 Å². The number of benzene rings is 1. The SMILES string of the molecule is O=C(OCc1ccccc1)C1CCN[C@@H]1C(=O)O. The quantitative estimate of drug-likeness (QED) is 0.772. The first-order chi connectivity index (χ1) is 8.68. The van der Waals surface area contributed by atoms with Crippen LogP contribution in [0.5, 0.6) is 0 Å². The summed E-state index contributed by atoms with van der Waals surface area (Å²) in [5.41, 5.74) is 0.892. The van der Waals surface area contributed by atoms with Crippen LogP contribution in [0.2, 0.25) is 0 Å². The lowest BCUT2D eigenvalue weighted by molar-refractivity contribution is -0.154. The summed E-state index contributed by atoms with van der Waals surface area (Å²) < 4.78 is 5.15. The highest BCUT2D eigenvalue weighted by Gasteiger charge is 2.38. The Balaban J connectivity index is 1.90. The molecule has 0 spiro atoms. The molecule has 96 valence electrons. The Morgan fingerprint density at radius 3 is 2.72 bits per heavy atom. The number of carbonyl (C=O) groups excluding carboxylic acids is 1. The average Bonchev–Trinajstić information content (AvgIpc) is 2.86. The van der Waals surface area contributed by atoms with Crippen molar-refractivity contribution in [3.63, 3.8) is 0 Å². The van der Waals surface area contributed by atoms with Gasteiger partial charge in [0, 0.05) is 0 Å². The lowest BCUT2D eigenvalue weighted by Crippen LogP contribution is -2.39. The summed E-state index contributed by atoms with van der Waals surface area (Å²) in [5.74, 6) is -2.04. The topological polar surface area (TPSA) is 75.6 Å². The van der Waals surface area contributed by atoms with Crippen LogP contribution in [0.1, 0.15) is 12.0 Å². The van der Waals surface area contributed by atoms with Crippen LogP contribution in [-0.4, -0.2) is 29.6 Å². The molecule has 1 fully saturated rings. The molecule has 18 heavy (non-hydrogen) atoms. The predicted octanol–water partition coefficient (Wildman–Crippen LogP) is 0.792. The fourth-order valence-corrected chi connectivity index (χ4v) is 2.05. The van der Waals surface area contributed by atoms with Gasteiger partial charge in [0.25, 0.3) is 0 Å². The molecule has 0 aromatic heterocycles. The van der Waals surface area contributed by atoms with Gasteiger partial charge in [0.05, 0.1) is 5.92 Å². The van der Waals surface area contributed by atoms with E-state index in [1.807, 2.05) is 30.3 Å². The minimum absolute atomic E-state index is 0.183. The second kappa shape index (κ2) is 5.64. The van der Waals surface area contributed by atoms with Crippen LogP contribution in [0, 0.1) is 5.92 Å². The summed E-state index contributed by atoms with van der Waals surface area (Å²) in [5, 5.41) is 11.7. The Morgan fingerprint density at radius 1 is 1.33 bits per heavy atom. The Morgan fingerprint density at radius 2 is 2.06 bits per heavy atom. The second-order valence-electron chi connectivity index (χ2n) is 4.26. The number of nitrogens with one attached hydrogen (secondary N) is 1. The van der Waals surface area contributed by atoms with Crippen molar-refractivity contribution in [2.75, 3.05) is 6.54 Å². The number of rotatable bonds is 4. The van der Waals surface area contributed by atoms with Crippen molar-refractivity contribution < 1.29 is 19.4 Å². The van der Waals surface area contributed by atoms with Crippen LogP contribution < -0.4 is 5.32 Å². The number of esters is 1. The summed E-state index contributed by atoms with van der Waals surface area (Å²) in [6, 6.07) is 8.49. The zero-order valence-electron chi connectivity index (χ0n) is 9.83.